The normalized spacial score (nSPS) is 12.1. The number of halogens is 1. The number of aromatic nitrogens is 2. The van der Waals surface area contributed by atoms with Crippen LogP contribution in [0.25, 0.3) is 0 Å². The first kappa shape index (κ1) is 11.5. The number of nitrogens with one attached hydrogen (secondary N) is 2. The molecule has 0 aliphatic heterocycles. The average molecular weight is 233 g/mol. The lowest BCUT2D eigenvalue weighted by atomic mass is 10.3. The second kappa shape index (κ2) is 4.76. The Morgan fingerprint density at radius 3 is 3.07 bits per heavy atom. The van der Waals surface area contributed by atoms with Crippen LogP contribution in [0, 0.1) is 0 Å². The number of nitrogens with two attached hydrogens (primary N) is 1. The zero-order valence-corrected chi connectivity index (χ0v) is 8.28. The molecular formula is C7H9ClN4O3. The third-order valence-corrected chi connectivity index (χ3v) is 1.94. The molecule has 0 saturated carbocycles. The van der Waals surface area contributed by atoms with Crippen LogP contribution in [-0.4, -0.2) is 33.6 Å². The molecule has 0 radical (unpaired) electrons. The molecule has 1 heterocycles. The van der Waals surface area contributed by atoms with Crippen molar-refractivity contribution < 1.29 is 9.90 Å². The van der Waals surface area contributed by atoms with E-state index in [1.807, 2.05) is 0 Å². The molecule has 0 saturated heterocycles. The molecule has 0 aromatic carbocycles. The highest BCUT2D eigenvalue weighted by Gasteiger charge is 2.12. The van der Waals surface area contributed by atoms with Crippen LogP contribution in [0.1, 0.15) is 0 Å². The first-order valence-electron chi connectivity index (χ1n) is 3.97. The van der Waals surface area contributed by atoms with Crippen molar-refractivity contribution >= 4 is 23.3 Å². The second-order valence-electron chi connectivity index (χ2n) is 2.69. The fraction of sp³-hybridized carbons (Fsp3) is 0.286. The summed E-state index contributed by atoms with van der Waals surface area (Å²) in [5.41, 5.74) is 4.31. The lowest BCUT2D eigenvalue weighted by Crippen LogP contribution is -2.34. The number of primary amides is 1. The summed E-state index contributed by atoms with van der Waals surface area (Å²) in [6.45, 7) is -0.161. The van der Waals surface area contributed by atoms with Crippen LogP contribution in [0.5, 0.6) is 0 Å². The molecular weight excluding hydrogens is 224 g/mol. The molecule has 8 heteroatoms. The highest BCUT2D eigenvalue weighted by molar-refractivity contribution is 6.32. The molecule has 0 aliphatic rings. The second-order valence-corrected chi connectivity index (χ2v) is 3.07. The number of aliphatic hydroxyl groups excluding tert-OH is 1. The lowest BCUT2D eigenvalue weighted by Gasteiger charge is -2.08. The molecule has 1 aromatic heterocycles. The van der Waals surface area contributed by atoms with Crippen molar-refractivity contribution in [1.82, 2.24) is 9.97 Å². The van der Waals surface area contributed by atoms with Gasteiger partial charge in [0.1, 0.15) is 11.1 Å². The quantitative estimate of drug-likeness (QED) is 0.513. The van der Waals surface area contributed by atoms with E-state index >= 15 is 0 Å². The van der Waals surface area contributed by atoms with Gasteiger partial charge in [-0.1, -0.05) is 11.6 Å². The number of rotatable bonds is 4. The minimum absolute atomic E-state index is 0.0840. The summed E-state index contributed by atoms with van der Waals surface area (Å²) in [7, 11) is 0. The van der Waals surface area contributed by atoms with Crippen molar-refractivity contribution in [3.05, 3.63) is 21.7 Å². The Morgan fingerprint density at radius 2 is 2.47 bits per heavy atom. The van der Waals surface area contributed by atoms with E-state index in [4.69, 9.17) is 22.4 Å². The molecule has 0 fully saturated rings. The standard InChI is InChI=1S/C7H9ClN4O3/c8-4-6(11-2-12-7(4)15)10-1-3(13)5(9)14/h2-3,13H,1H2,(H2,9,14)(H2,10,11,12,15). The zero-order chi connectivity index (χ0) is 11.4. The van der Waals surface area contributed by atoms with E-state index in [1.54, 1.807) is 0 Å². The number of nitrogens with zero attached hydrogens (tertiary/aromatic N) is 1. The van der Waals surface area contributed by atoms with E-state index in [9.17, 15) is 9.59 Å². The van der Waals surface area contributed by atoms with Crippen LogP contribution in [-0.2, 0) is 4.79 Å². The van der Waals surface area contributed by atoms with E-state index in [0.29, 0.717) is 0 Å². The molecule has 82 valence electrons. The summed E-state index contributed by atoms with van der Waals surface area (Å²) in [5, 5.41) is 11.4. The van der Waals surface area contributed by atoms with Crippen molar-refractivity contribution in [2.24, 2.45) is 5.73 Å². The van der Waals surface area contributed by atoms with E-state index < -0.39 is 17.6 Å². The van der Waals surface area contributed by atoms with Gasteiger partial charge in [-0.05, 0) is 0 Å². The van der Waals surface area contributed by atoms with Gasteiger partial charge in [-0.3, -0.25) is 9.59 Å². The molecule has 15 heavy (non-hydrogen) atoms. The maximum atomic E-state index is 11.0. The van der Waals surface area contributed by atoms with Crippen LogP contribution < -0.4 is 16.6 Å². The minimum atomic E-state index is -1.36. The highest BCUT2D eigenvalue weighted by atomic mass is 35.5. The van der Waals surface area contributed by atoms with Gasteiger partial charge in [0.15, 0.2) is 5.82 Å². The Hall–Kier alpha value is -1.60. The Bertz CT molecular complexity index is 419. The molecule has 1 aromatic rings. The fourth-order valence-corrected chi connectivity index (χ4v) is 0.970. The third kappa shape index (κ3) is 2.93. The van der Waals surface area contributed by atoms with Gasteiger partial charge in [0.2, 0.25) is 5.91 Å². The number of carbonyl (C=O) groups is 1. The van der Waals surface area contributed by atoms with E-state index in [-0.39, 0.29) is 17.4 Å². The molecule has 1 amide bonds. The fourth-order valence-electron chi connectivity index (χ4n) is 0.800. The summed E-state index contributed by atoms with van der Waals surface area (Å²) < 4.78 is 0. The Kier molecular flexibility index (Phi) is 3.64. The Labute approximate surface area is 89.3 Å². The van der Waals surface area contributed by atoms with Crippen LogP contribution in [0.15, 0.2) is 11.1 Å². The van der Waals surface area contributed by atoms with Gasteiger partial charge in [-0.2, -0.15) is 0 Å². The van der Waals surface area contributed by atoms with E-state index in [1.165, 1.54) is 0 Å². The number of aliphatic hydroxyl groups is 1. The summed E-state index contributed by atoms with van der Waals surface area (Å²) >= 11 is 5.59. The Balaban J connectivity index is 2.70. The number of H-pyrrole nitrogens is 1. The van der Waals surface area contributed by atoms with Crippen molar-refractivity contribution in [2.45, 2.75) is 6.10 Å². The molecule has 1 unspecified atom stereocenters. The number of hydrogen-bond acceptors (Lipinski definition) is 5. The maximum Gasteiger partial charge on any atom is 0.271 e. The van der Waals surface area contributed by atoms with Crippen LogP contribution in [0.2, 0.25) is 5.02 Å². The van der Waals surface area contributed by atoms with Crippen LogP contribution >= 0.6 is 11.6 Å². The van der Waals surface area contributed by atoms with Crippen LogP contribution in [0.4, 0.5) is 5.82 Å². The van der Waals surface area contributed by atoms with Gasteiger partial charge in [-0.25, -0.2) is 4.98 Å². The number of carbonyl (C=O) groups excluding carboxylic acids is 1. The molecule has 0 spiro atoms. The summed E-state index contributed by atoms with van der Waals surface area (Å²) in [4.78, 5) is 27.4. The van der Waals surface area contributed by atoms with E-state index in [0.717, 1.165) is 6.33 Å². The molecule has 0 bridgehead atoms. The number of amides is 1. The Morgan fingerprint density at radius 1 is 1.80 bits per heavy atom. The monoisotopic (exact) mass is 232 g/mol. The first-order valence-corrected chi connectivity index (χ1v) is 4.34. The summed E-state index contributed by atoms with van der Waals surface area (Å²) in [6, 6.07) is 0. The van der Waals surface area contributed by atoms with Gasteiger partial charge in [-0.15, -0.1) is 0 Å². The average Bonchev–Trinajstić information content (AvgIpc) is 2.19. The molecule has 5 N–H and O–H groups in total. The zero-order valence-electron chi connectivity index (χ0n) is 7.53. The van der Waals surface area contributed by atoms with Gasteiger partial charge in [0, 0.05) is 0 Å². The van der Waals surface area contributed by atoms with Gasteiger partial charge < -0.3 is 21.1 Å². The van der Waals surface area contributed by atoms with Crippen LogP contribution in [0.3, 0.4) is 0 Å². The van der Waals surface area contributed by atoms with Crippen molar-refractivity contribution in [2.75, 3.05) is 11.9 Å². The largest absolute Gasteiger partial charge is 0.381 e. The van der Waals surface area contributed by atoms with Crippen molar-refractivity contribution in [1.29, 1.82) is 0 Å². The number of aromatic amines is 1. The SMILES string of the molecule is NC(=O)C(O)CNc1nc[nH]c(=O)c1Cl. The third-order valence-electron chi connectivity index (χ3n) is 1.59. The van der Waals surface area contributed by atoms with Gasteiger partial charge >= 0.3 is 0 Å². The minimum Gasteiger partial charge on any atom is -0.381 e. The predicted molar refractivity (Wildman–Crippen MR) is 53.6 cm³/mol. The highest BCUT2D eigenvalue weighted by Crippen LogP contribution is 2.11. The molecule has 7 nitrogen and oxygen atoms in total. The first-order chi connectivity index (χ1) is 7.02. The number of hydrogen-bond donors (Lipinski definition) is 4. The summed E-state index contributed by atoms with van der Waals surface area (Å²) in [5.74, 6) is -0.788. The topological polar surface area (TPSA) is 121 Å². The molecule has 0 aliphatic carbocycles. The van der Waals surface area contributed by atoms with E-state index in [2.05, 4.69) is 15.3 Å². The van der Waals surface area contributed by atoms with Gasteiger partial charge in [0.25, 0.3) is 5.56 Å². The molecule has 1 atom stereocenters. The van der Waals surface area contributed by atoms with Crippen molar-refractivity contribution in [3.63, 3.8) is 0 Å². The smallest absolute Gasteiger partial charge is 0.271 e. The molecule has 1 rings (SSSR count). The predicted octanol–water partition coefficient (Wildman–Crippen LogP) is -1.32. The number of anilines is 1. The van der Waals surface area contributed by atoms with Gasteiger partial charge in [0.05, 0.1) is 12.9 Å². The lowest BCUT2D eigenvalue weighted by molar-refractivity contribution is -0.125. The maximum absolute atomic E-state index is 11.0. The van der Waals surface area contributed by atoms with Crippen molar-refractivity contribution in [3.8, 4) is 0 Å². The summed E-state index contributed by atoms with van der Waals surface area (Å²) in [6.07, 6.45) is -0.213.